The third-order valence-electron chi connectivity index (χ3n) is 2.74. The molecule has 1 atom stereocenters. The van der Waals surface area contributed by atoms with E-state index in [2.05, 4.69) is 6.92 Å². The van der Waals surface area contributed by atoms with Gasteiger partial charge in [-0.1, -0.05) is 38.3 Å². The number of ether oxygens (including phenoxy) is 1. The van der Waals surface area contributed by atoms with Crippen LogP contribution in [0.3, 0.4) is 0 Å². The third kappa shape index (κ3) is 5.80. The summed E-state index contributed by atoms with van der Waals surface area (Å²) in [6.07, 6.45) is 4.79. The molecule has 17 heavy (non-hydrogen) atoms. The number of benzene rings is 1. The largest absolute Gasteiger partial charge is 0.379 e. The zero-order chi connectivity index (χ0) is 12.5. The Balaban J connectivity index is 2.16. The minimum absolute atomic E-state index is 0.165. The van der Waals surface area contributed by atoms with E-state index in [1.54, 1.807) is 12.1 Å². The summed E-state index contributed by atoms with van der Waals surface area (Å²) >= 11 is 0. The highest BCUT2D eigenvalue weighted by molar-refractivity contribution is 5.19. The van der Waals surface area contributed by atoms with Crippen LogP contribution in [0.4, 0.5) is 4.39 Å². The highest BCUT2D eigenvalue weighted by atomic mass is 19.1. The number of rotatable bonds is 8. The molecule has 0 bridgehead atoms. The summed E-state index contributed by atoms with van der Waals surface area (Å²) in [6.45, 7) is 3.44. The van der Waals surface area contributed by atoms with Gasteiger partial charge in [0.05, 0.1) is 12.6 Å². The van der Waals surface area contributed by atoms with Crippen molar-refractivity contribution in [2.45, 2.75) is 38.6 Å². The van der Waals surface area contributed by atoms with E-state index >= 15 is 0 Å². The van der Waals surface area contributed by atoms with Crippen molar-refractivity contribution < 1.29 is 9.13 Å². The van der Waals surface area contributed by atoms with Gasteiger partial charge in [0.15, 0.2) is 0 Å². The molecule has 2 nitrogen and oxygen atoms in total. The molecule has 0 aliphatic heterocycles. The Hall–Kier alpha value is -0.930. The summed E-state index contributed by atoms with van der Waals surface area (Å²) in [4.78, 5) is 0. The van der Waals surface area contributed by atoms with Crippen molar-refractivity contribution in [3.8, 4) is 0 Å². The lowest BCUT2D eigenvalue weighted by Crippen LogP contribution is -2.17. The number of hydrogen-bond acceptors (Lipinski definition) is 2. The van der Waals surface area contributed by atoms with Crippen LogP contribution in [-0.4, -0.2) is 13.2 Å². The molecular formula is C14H22FNO. The third-order valence-corrected chi connectivity index (χ3v) is 2.74. The first-order valence-corrected chi connectivity index (χ1v) is 6.33. The summed E-state index contributed by atoms with van der Waals surface area (Å²) in [7, 11) is 0. The molecule has 1 unspecified atom stereocenters. The monoisotopic (exact) mass is 239 g/mol. The molecule has 0 aliphatic carbocycles. The van der Waals surface area contributed by atoms with Crippen molar-refractivity contribution in [2.75, 3.05) is 13.2 Å². The molecule has 0 fully saturated rings. The van der Waals surface area contributed by atoms with Crippen LogP contribution in [-0.2, 0) is 4.74 Å². The Bertz CT molecular complexity index is 300. The molecule has 3 heteroatoms. The average molecular weight is 239 g/mol. The zero-order valence-electron chi connectivity index (χ0n) is 10.5. The second-order valence-corrected chi connectivity index (χ2v) is 4.29. The average Bonchev–Trinajstić information content (AvgIpc) is 2.34. The van der Waals surface area contributed by atoms with E-state index in [0.717, 1.165) is 18.6 Å². The van der Waals surface area contributed by atoms with E-state index in [9.17, 15) is 4.39 Å². The van der Waals surface area contributed by atoms with Crippen LogP contribution in [0.15, 0.2) is 24.3 Å². The number of hydrogen-bond donors (Lipinski definition) is 1. The van der Waals surface area contributed by atoms with Crippen LogP contribution in [0.1, 0.15) is 44.2 Å². The number of unbranched alkanes of at least 4 members (excludes halogenated alkanes) is 3. The van der Waals surface area contributed by atoms with E-state index in [0.29, 0.717) is 6.61 Å². The molecule has 1 rings (SSSR count). The molecule has 0 spiro atoms. The second-order valence-electron chi connectivity index (χ2n) is 4.29. The molecule has 0 radical (unpaired) electrons. The zero-order valence-corrected chi connectivity index (χ0v) is 10.5. The first-order valence-electron chi connectivity index (χ1n) is 6.33. The van der Waals surface area contributed by atoms with Crippen molar-refractivity contribution >= 4 is 0 Å². The van der Waals surface area contributed by atoms with E-state index in [4.69, 9.17) is 10.5 Å². The molecule has 0 heterocycles. The summed E-state index contributed by atoms with van der Waals surface area (Å²) < 4.78 is 18.2. The predicted octanol–water partition coefficient (Wildman–Crippen LogP) is 3.42. The van der Waals surface area contributed by atoms with Gasteiger partial charge in [-0.15, -0.1) is 0 Å². The van der Waals surface area contributed by atoms with Gasteiger partial charge in [-0.3, -0.25) is 0 Å². The van der Waals surface area contributed by atoms with Crippen molar-refractivity contribution in [1.29, 1.82) is 0 Å². The SMILES string of the molecule is CCCCCCOCC(N)c1ccc(F)cc1. The normalized spacial score (nSPS) is 12.6. The maximum Gasteiger partial charge on any atom is 0.123 e. The fraction of sp³-hybridized carbons (Fsp3) is 0.571. The lowest BCUT2D eigenvalue weighted by molar-refractivity contribution is 0.117. The highest BCUT2D eigenvalue weighted by Crippen LogP contribution is 2.11. The second kappa shape index (κ2) is 8.20. The predicted molar refractivity (Wildman–Crippen MR) is 68.3 cm³/mol. The van der Waals surface area contributed by atoms with Crippen molar-refractivity contribution in [2.24, 2.45) is 5.73 Å². The molecule has 0 aromatic heterocycles. The van der Waals surface area contributed by atoms with Crippen LogP contribution < -0.4 is 5.73 Å². The van der Waals surface area contributed by atoms with Gasteiger partial charge in [0.25, 0.3) is 0 Å². The summed E-state index contributed by atoms with van der Waals surface area (Å²) in [6, 6.07) is 6.11. The minimum atomic E-state index is -0.235. The van der Waals surface area contributed by atoms with Gasteiger partial charge in [0.1, 0.15) is 5.82 Å². The Labute approximate surface area is 103 Å². The van der Waals surface area contributed by atoms with Gasteiger partial charge in [-0.25, -0.2) is 4.39 Å². The lowest BCUT2D eigenvalue weighted by Gasteiger charge is -2.12. The fourth-order valence-corrected chi connectivity index (χ4v) is 1.65. The van der Waals surface area contributed by atoms with Crippen LogP contribution in [0.2, 0.25) is 0 Å². The molecular weight excluding hydrogens is 217 g/mol. The smallest absolute Gasteiger partial charge is 0.123 e. The van der Waals surface area contributed by atoms with Gasteiger partial charge >= 0.3 is 0 Å². The summed E-state index contributed by atoms with van der Waals surface area (Å²) in [5.41, 5.74) is 6.86. The van der Waals surface area contributed by atoms with Crippen LogP contribution in [0.25, 0.3) is 0 Å². The van der Waals surface area contributed by atoms with Gasteiger partial charge in [-0.2, -0.15) is 0 Å². The van der Waals surface area contributed by atoms with Crippen molar-refractivity contribution in [3.63, 3.8) is 0 Å². The standard InChI is InChI=1S/C14H22FNO/c1-2-3-4-5-10-17-11-14(16)12-6-8-13(15)9-7-12/h6-9,14H,2-5,10-11,16H2,1H3. The number of nitrogens with two attached hydrogens (primary N) is 1. The molecule has 1 aromatic rings. The van der Waals surface area contributed by atoms with Crippen LogP contribution >= 0.6 is 0 Å². The Morgan fingerprint density at radius 1 is 1.18 bits per heavy atom. The van der Waals surface area contributed by atoms with E-state index in [1.807, 2.05) is 0 Å². The van der Waals surface area contributed by atoms with Gasteiger partial charge in [-0.05, 0) is 24.1 Å². The summed E-state index contributed by atoms with van der Waals surface area (Å²) in [5.74, 6) is -0.235. The Morgan fingerprint density at radius 3 is 2.53 bits per heavy atom. The fourth-order valence-electron chi connectivity index (χ4n) is 1.65. The maximum absolute atomic E-state index is 12.7. The topological polar surface area (TPSA) is 35.2 Å². The first-order chi connectivity index (χ1) is 8.24. The quantitative estimate of drug-likeness (QED) is 0.705. The molecule has 0 saturated heterocycles. The minimum Gasteiger partial charge on any atom is -0.379 e. The Kier molecular flexibility index (Phi) is 6.82. The van der Waals surface area contributed by atoms with Gasteiger partial charge in [0, 0.05) is 6.61 Å². The van der Waals surface area contributed by atoms with Gasteiger partial charge in [0.2, 0.25) is 0 Å². The number of halogens is 1. The summed E-state index contributed by atoms with van der Waals surface area (Å²) in [5, 5.41) is 0. The molecule has 2 N–H and O–H groups in total. The van der Waals surface area contributed by atoms with Crippen LogP contribution in [0.5, 0.6) is 0 Å². The van der Waals surface area contributed by atoms with Crippen molar-refractivity contribution in [1.82, 2.24) is 0 Å². The molecule has 0 saturated carbocycles. The molecule has 0 aliphatic rings. The van der Waals surface area contributed by atoms with Crippen molar-refractivity contribution in [3.05, 3.63) is 35.6 Å². The molecule has 0 amide bonds. The first kappa shape index (κ1) is 14.1. The highest BCUT2D eigenvalue weighted by Gasteiger charge is 2.05. The van der Waals surface area contributed by atoms with Gasteiger partial charge < -0.3 is 10.5 Å². The Morgan fingerprint density at radius 2 is 1.88 bits per heavy atom. The van der Waals surface area contributed by atoms with Crippen LogP contribution in [0, 0.1) is 5.82 Å². The molecule has 1 aromatic carbocycles. The lowest BCUT2D eigenvalue weighted by atomic mass is 10.1. The van der Waals surface area contributed by atoms with E-state index in [-0.39, 0.29) is 11.9 Å². The van der Waals surface area contributed by atoms with E-state index < -0.39 is 0 Å². The molecule has 96 valence electrons. The maximum atomic E-state index is 12.7. The van der Waals surface area contributed by atoms with E-state index in [1.165, 1.54) is 31.4 Å².